The third-order valence-corrected chi connectivity index (χ3v) is 4.54. The maximum absolute atomic E-state index is 11.1. The summed E-state index contributed by atoms with van der Waals surface area (Å²) in [6.45, 7) is 1.67. The number of benzene rings is 1. The van der Waals surface area contributed by atoms with Crippen LogP contribution >= 0.6 is 11.3 Å². The largest absolute Gasteiger partial charge is 0.477 e. The summed E-state index contributed by atoms with van der Waals surface area (Å²) in [5.74, 6) is -0.987. The molecule has 0 unspecified atom stereocenters. The van der Waals surface area contributed by atoms with Crippen molar-refractivity contribution in [2.45, 2.75) is 6.92 Å². The van der Waals surface area contributed by atoms with Crippen molar-refractivity contribution in [1.29, 1.82) is 5.26 Å². The van der Waals surface area contributed by atoms with E-state index in [1.165, 1.54) is 0 Å². The average Bonchev–Trinajstić information content (AvgIpc) is 2.97. The molecular formula is C17H11N3O2S. The van der Waals surface area contributed by atoms with Crippen LogP contribution in [0.25, 0.3) is 21.7 Å². The molecule has 0 aliphatic rings. The molecule has 0 aliphatic heterocycles. The van der Waals surface area contributed by atoms with Crippen LogP contribution in [-0.2, 0) is 0 Å². The Morgan fingerprint density at radius 2 is 2.13 bits per heavy atom. The molecule has 2 heterocycles. The number of nitriles is 1. The summed E-state index contributed by atoms with van der Waals surface area (Å²) >= 11 is 1.11. The van der Waals surface area contributed by atoms with Gasteiger partial charge in [-0.2, -0.15) is 5.26 Å². The van der Waals surface area contributed by atoms with E-state index in [1.807, 2.05) is 24.3 Å². The minimum absolute atomic E-state index is 0.217. The first-order valence-corrected chi connectivity index (χ1v) is 7.57. The zero-order valence-electron chi connectivity index (χ0n) is 12.1. The van der Waals surface area contributed by atoms with E-state index < -0.39 is 5.97 Å². The third kappa shape index (κ3) is 2.82. The van der Waals surface area contributed by atoms with Gasteiger partial charge in [0, 0.05) is 29.1 Å². The van der Waals surface area contributed by atoms with E-state index in [-0.39, 0.29) is 4.88 Å². The van der Waals surface area contributed by atoms with Gasteiger partial charge >= 0.3 is 5.97 Å². The second kappa shape index (κ2) is 5.99. The number of rotatable bonds is 3. The number of aromatic nitrogens is 2. The highest BCUT2D eigenvalue weighted by Crippen LogP contribution is 2.31. The maximum Gasteiger partial charge on any atom is 0.347 e. The van der Waals surface area contributed by atoms with Gasteiger partial charge in [-0.1, -0.05) is 18.2 Å². The van der Waals surface area contributed by atoms with Gasteiger partial charge in [-0.3, -0.25) is 4.98 Å². The van der Waals surface area contributed by atoms with Crippen LogP contribution in [0.2, 0.25) is 0 Å². The maximum atomic E-state index is 11.1. The number of aryl methyl sites for hydroxylation is 1. The fourth-order valence-corrected chi connectivity index (χ4v) is 3.16. The van der Waals surface area contributed by atoms with Gasteiger partial charge in [0.15, 0.2) is 0 Å². The third-order valence-electron chi connectivity index (χ3n) is 3.35. The first-order chi connectivity index (χ1) is 11.1. The number of aromatic carboxylic acids is 1. The van der Waals surface area contributed by atoms with Gasteiger partial charge in [-0.15, -0.1) is 11.3 Å². The lowest BCUT2D eigenvalue weighted by Crippen LogP contribution is -1.94. The molecule has 0 atom stereocenters. The molecule has 0 aliphatic carbocycles. The van der Waals surface area contributed by atoms with Crippen molar-refractivity contribution in [3.63, 3.8) is 0 Å². The SMILES string of the molecule is Cc1nc(-c2ccc(-c3cccnc3)c(C#N)c2)sc1C(=O)O. The molecule has 3 aromatic rings. The standard InChI is InChI=1S/C17H11N3O2S/c1-10-15(17(21)22)23-16(20-10)11-4-5-14(13(7-11)8-18)12-3-2-6-19-9-12/h2-7,9H,1H3,(H,21,22). The van der Waals surface area contributed by atoms with Gasteiger partial charge in [-0.25, -0.2) is 9.78 Å². The Bertz CT molecular complexity index is 927. The summed E-state index contributed by atoms with van der Waals surface area (Å²) in [5, 5.41) is 19.1. The number of carbonyl (C=O) groups is 1. The van der Waals surface area contributed by atoms with Crippen molar-refractivity contribution in [3.8, 4) is 27.8 Å². The predicted octanol–water partition coefficient (Wildman–Crippen LogP) is 3.75. The van der Waals surface area contributed by atoms with E-state index in [1.54, 1.807) is 25.4 Å². The number of thiazole rings is 1. The lowest BCUT2D eigenvalue weighted by atomic mass is 9.99. The molecule has 1 aromatic carbocycles. The summed E-state index contributed by atoms with van der Waals surface area (Å²) in [5.41, 5.74) is 3.36. The van der Waals surface area contributed by atoms with Crippen LogP contribution in [0.5, 0.6) is 0 Å². The molecule has 1 N–H and O–H groups in total. The first kappa shape index (κ1) is 14.9. The Balaban J connectivity index is 2.08. The van der Waals surface area contributed by atoms with Crippen LogP contribution in [-0.4, -0.2) is 21.0 Å². The van der Waals surface area contributed by atoms with Crippen LogP contribution in [0.15, 0.2) is 42.7 Å². The molecule has 0 radical (unpaired) electrons. The number of hydrogen-bond acceptors (Lipinski definition) is 5. The Hall–Kier alpha value is -3.04. The molecule has 0 spiro atoms. The monoisotopic (exact) mass is 321 g/mol. The molecule has 0 saturated heterocycles. The average molecular weight is 321 g/mol. The summed E-state index contributed by atoms with van der Waals surface area (Å²) < 4.78 is 0. The molecule has 3 rings (SSSR count). The number of hydrogen-bond donors (Lipinski definition) is 1. The Kier molecular flexibility index (Phi) is 3.87. The summed E-state index contributed by atoms with van der Waals surface area (Å²) in [6, 6.07) is 11.3. The first-order valence-electron chi connectivity index (χ1n) is 6.76. The minimum atomic E-state index is -0.987. The van der Waals surface area contributed by atoms with Gasteiger partial charge in [0.2, 0.25) is 0 Å². The molecule has 23 heavy (non-hydrogen) atoms. The topological polar surface area (TPSA) is 86.9 Å². The molecule has 0 bridgehead atoms. The summed E-state index contributed by atoms with van der Waals surface area (Å²) in [7, 11) is 0. The van der Waals surface area contributed by atoms with E-state index in [2.05, 4.69) is 16.0 Å². The van der Waals surface area contributed by atoms with Gasteiger partial charge < -0.3 is 5.11 Å². The van der Waals surface area contributed by atoms with Crippen LogP contribution in [0, 0.1) is 18.3 Å². The molecular weight excluding hydrogens is 310 g/mol. The highest BCUT2D eigenvalue weighted by Gasteiger charge is 2.16. The summed E-state index contributed by atoms with van der Waals surface area (Å²) in [4.78, 5) is 19.7. The van der Waals surface area contributed by atoms with Crippen molar-refractivity contribution in [2.24, 2.45) is 0 Å². The molecule has 6 heteroatoms. The zero-order valence-corrected chi connectivity index (χ0v) is 13.0. The second-order valence-corrected chi connectivity index (χ2v) is 5.85. The highest BCUT2D eigenvalue weighted by atomic mass is 32.1. The molecule has 0 amide bonds. The highest BCUT2D eigenvalue weighted by molar-refractivity contribution is 7.17. The van der Waals surface area contributed by atoms with Crippen molar-refractivity contribution < 1.29 is 9.90 Å². The van der Waals surface area contributed by atoms with E-state index in [0.29, 0.717) is 16.3 Å². The van der Waals surface area contributed by atoms with E-state index in [0.717, 1.165) is 28.0 Å². The molecule has 112 valence electrons. The normalized spacial score (nSPS) is 10.3. The quantitative estimate of drug-likeness (QED) is 0.794. The predicted molar refractivity (Wildman–Crippen MR) is 87.2 cm³/mol. The second-order valence-electron chi connectivity index (χ2n) is 4.85. The van der Waals surface area contributed by atoms with Crippen LogP contribution in [0.3, 0.4) is 0 Å². The summed E-state index contributed by atoms with van der Waals surface area (Å²) in [6.07, 6.45) is 3.38. The van der Waals surface area contributed by atoms with E-state index >= 15 is 0 Å². The molecule has 0 saturated carbocycles. The fourth-order valence-electron chi connectivity index (χ4n) is 2.26. The fraction of sp³-hybridized carbons (Fsp3) is 0.0588. The van der Waals surface area contributed by atoms with Gasteiger partial charge in [0.05, 0.1) is 17.3 Å². The Morgan fingerprint density at radius 3 is 2.74 bits per heavy atom. The van der Waals surface area contributed by atoms with Gasteiger partial charge in [0.1, 0.15) is 9.88 Å². The number of carboxylic acid groups (broad SMARTS) is 1. The molecule has 0 fully saturated rings. The smallest absolute Gasteiger partial charge is 0.347 e. The molecule has 2 aromatic heterocycles. The van der Waals surface area contributed by atoms with Crippen molar-refractivity contribution in [3.05, 3.63) is 58.9 Å². The zero-order chi connectivity index (χ0) is 16.4. The van der Waals surface area contributed by atoms with Crippen molar-refractivity contribution in [1.82, 2.24) is 9.97 Å². The van der Waals surface area contributed by atoms with Crippen LogP contribution in [0.1, 0.15) is 20.9 Å². The van der Waals surface area contributed by atoms with E-state index in [9.17, 15) is 10.1 Å². The Labute approximate surface area is 136 Å². The van der Waals surface area contributed by atoms with Crippen molar-refractivity contribution in [2.75, 3.05) is 0 Å². The van der Waals surface area contributed by atoms with E-state index in [4.69, 9.17) is 5.11 Å². The lowest BCUT2D eigenvalue weighted by Gasteiger charge is -2.05. The van der Waals surface area contributed by atoms with Crippen molar-refractivity contribution >= 4 is 17.3 Å². The number of nitrogens with zero attached hydrogens (tertiary/aromatic N) is 3. The van der Waals surface area contributed by atoms with Crippen LogP contribution < -0.4 is 0 Å². The number of pyridine rings is 1. The lowest BCUT2D eigenvalue weighted by molar-refractivity contribution is 0.0701. The minimum Gasteiger partial charge on any atom is -0.477 e. The van der Waals surface area contributed by atoms with Gasteiger partial charge in [0.25, 0.3) is 0 Å². The Morgan fingerprint density at radius 1 is 1.30 bits per heavy atom. The molecule has 5 nitrogen and oxygen atoms in total. The van der Waals surface area contributed by atoms with Gasteiger partial charge in [-0.05, 0) is 19.1 Å². The number of carboxylic acids is 1. The van der Waals surface area contributed by atoms with Crippen LogP contribution in [0.4, 0.5) is 0 Å².